The Morgan fingerprint density at radius 2 is 2.17 bits per heavy atom. The van der Waals surface area contributed by atoms with Gasteiger partial charge in [0, 0.05) is 10.6 Å². The number of hydrogen-bond acceptors (Lipinski definition) is 6. The van der Waals surface area contributed by atoms with Crippen molar-refractivity contribution in [1.82, 2.24) is 4.90 Å². The third kappa shape index (κ3) is 4.06. The summed E-state index contributed by atoms with van der Waals surface area (Å²) in [5.41, 5.74) is 0.630. The Bertz CT molecular complexity index is 723. The van der Waals surface area contributed by atoms with Crippen molar-refractivity contribution in [3.63, 3.8) is 0 Å². The molecule has 1 aromatic carbocycles. The van der Waals surface area contributed by atoms with Gasteiger partial charge in [-0.3, -0.25) is 14.5 Å². The van der Waals surface area contributed by atoms with Gasteiger partial charge in [-0.15, -0.1) is 0 Å². The van der Waals surface area contributed by atoms with Crippen LogP contribution < -0.4 is 4.74 Å². The van der Waals surface area contributed by atoms with E-state index in [0.717, 1.165) is 11.8 Å². The van der Waals surface area contributed by atoms with Crippen LogP contribution in [-0.4, -0.2) is 41.9 Å². The van der Waals surface area contributed by atoms with Gasteiger partial charge in [0.1, 0.15) is 16.6 Å². The molecule has 5 nitrogen and oxygen atoms in total. The largest absolute Gasteiger partial charge is 0.495 e. The number of hydrogen-bond donors (Lipinski definition) is 0. The summed E-state index contributed by atoms with van der Waals surface area (Å²) in [6.45, 7) is -0.213. The second kappa shape index (κ2) is 7.65. The Kier molecular flexibility index (Phi) is 6.07. The van der Waals surface area contributed by atoms with Gasteiger partial charge in [-0.25, -0.2) is 0 Å². The van der Waals surface area contributed by atoms with Crippen molar-refractivity contribution in [1.29, 1.82) is 0 Å². The fraction of sp³-hybridized carbons (Fsp3) is 0.214. The summed E-state index contributed by atoms with van der Waals surface area (Å²) >= 11 is 15.7. The molecule has 0 aromatic heterocycles. The van der Waals surface area contributed by atoms with E-state index in [1.165, 1.54) is 19.1 Å². The average molecular weight is 437 g/mol. The number of rotatable bonds is 4. The lowest BCUT2D eigenvalue weighted by atomic mass is 10.2. The number of thiocarbonyl (C=S) groups is 1. The zero-order valence-electron chi connectivity index (χ0n) is 12.1. The van der Waals surface area contributed by atoms with Crippen molar-refractivity contribution in [3.8, 4) is 5.75 Å². The van der Waals surface area contributed by atoms with E-state index < -0.39 is 5.97 Å². The highest BCUT2D eigenvalue weighted by Gasteiger charge is 2.33. The van der Waals surface area contributed by atoms with E-state index in [9.17, 15) is 9.59 Å². The van der Waals surface area contributed by atoms with Crippen LogP contribution in [0.1, 0.15) is 5.56 Å². The number of benzene rings is 1. The fourth-order valence-corrected chi connectivity index (χ4v) is 4.12. The lowest BCUT2D eigenvalue weighted by molar-refractivity contribution is -0.143. The number of thioether (sulfide) groups is 1. The number of carbonyl (C=O) groups excluding carboxylic acids is 2. The van der Waals surface area contributed by atoms with Crippen LogP contribution in [0.3, 0.4) is 0 Å². The molecule has 0 N–H and O–H groups in total. The lowest BCUT2D eigenvalue weighted by Crippen LogP contribution is -2.33. The summed E-state index contributed by atoms with van der Waals surface area (Å²) in [5, 5.41) is 0.494. The predicted molar refractivity (Wildman–Crippen MR) is 97.6 cm³/mol. The Morgan fingerprint density at radius 1 is 1.48 bits per heavy atom. The van der Waals surface area contributed by atoms with Crippen molar-refractivity contribution in [2.45, 2.75) is 0 Å². The number of methoxy groups -OCH3 is 2. The highest BCUT2D eigenvalue weighted by Crippen LogP contribution is 2.38. The first kappa shape index (κ1) is 18.3. The van der Waals surface area contributed by atoms with Crippen molar-refractivity contribution in [2.75, 3.05) is 20.8 Å². The van der Waals surface area contributed by atoms with Gasteiger partial charge in [0.2, 0.25) is 0 Å². The van der Waals surface area contributed by atoms with Crippen molar-refractivity contribution < 1.29 is 19.1 Å². The molecule has 0 bridgehead atoms. The summed E-state index contributed by atoms with van der Waals surface area (Å²) in [7, 11) is 2.78. The summed E-state index contributed by atoms with van der Waals surface area (Å²) in [5.74, 6) is -0.346. The van der Waals surface area contributed by atoms with Crippen LogP contribution >= 0.6 is 51.5 Å². The minimum atomic E-state index is -0.536. The molecule has 1 heterocycles. The second-order valence-electron chi connectivity index (χ2n) is 4.35. The van der Waals surface area contributed by atoms with E-state index >= 15 is 0 Å². The molecule has 1 aliphatic heterocycles. The van der Waals surface area contributed by atoms with E-state index in [1.807, 2.05) is 0 Å². The standard InChI is InChI=1S/C14H11BrClNO4S2/c1-20-11(18)6-17-13(19)10(23-14(17)22)4-7-3-8(16)5-9(15)12(7)21-2/h3-5H,6H2,1-2H3/b10-4-. The summed E-state index contributed by atoms with van der Waals surface area (Å²) < 4.78 is 10.9. The van der Waals surface area contributed by atoms with E-state index in [2.05, 4.69) is 20.7 Å². The molecule has 0 aliphatic carbocycles. The molecule has 1 aromatic rings. The Morgan fingerprint density at radius 3 is 2.78 bits per heavy atom. The zero-order chi connectivity index (χ0) is 17.1. The van der Waals surface area contributed by atoms with Crippen molar-refractivity contribution >= 4 is 73.8 Å². The van der Waals surface area contributed by atoms with Crippen LogP contribution in [-0.2, 0) is 14.3 Å². The van der Waals surface area contributed by atoms with Gasteiger partial charge in [0.25, 0.3) is 5.91 Å². The molecular weight excluding hydrogens is 426 g/mol. The maximum absolute atomic E-state index is 12.4. The molecule has 0 unspecified atom stereocenters. The SMILES string of the molecule is COC(=O)CN1C(=O)/C(=C/c2cc(Cl)cc(Br)c2OC)SC1=S. The molecule has 9 heteroatoms. The molecule has 0 atom stereocenters. The quantitative estimate of drug-likeness (QED) is 0.409. The van der Waals surface area contributed by atoms with Gasteiger partial charge in [0.15, 0.2) is 0 Å². The van der Waals surface area contributed by atoms with Gasteiger partial charge in [-0.1, -0.05) is 35.6 Å². The maximum atomic E-state index is 12.4. The summed E-state index contributed by atoms with van der Waals surface area (Å²) in [6, 6.07) is 3.37. The lowest BCUT2D eigenvalue weighted by Gasteiger charge is -2.12. The third-order valence-corrected chi connectivity index (χ3v) is 5.10. The Balaban J connectivity index is 2.36. The van der Waals surface area contributed by atoms with Gasteiger partial charge < -0.3 is 9.47 Å². The predicted octanol–water partition coefficient (Wildman–Crippen LogP) is 3.49. The van der Waals surface area contributed by atoms with E-state index in [0.29, 0.717) is 30.0 Å². The monoisotopic (exact) mass is 435 g/mol. The Hall–Kier alpha value is -1.09. The van der Waals surface area contributed by atoms with Gasteiger partial charge >= 0.3 is 5.97 Å². The first-order valence-corrected chi connectivity index (χ1v) is 8.62. The number of esters is 1. The van der Waals surface area contributed by atoms with Crippen molar-refractivity contribution in [3.05, 3.63) is 32.1 Å². The highest BCUT2D eigenvalue weighted by molar-refractivity contribution is 9.10. The number of nitrogens with zero attached hydrogens (tertiary/aromatic N) is 1. The number of amides is 1. The zero-order valence-corrected chi connectivity index (χ0v) is 16.1. The molecule has 122 valence electrons. The molecule has 1 fully saturated rings. The molecule has 1 aliphatic rings. The molecule has 2 rings (SSSR count). The van der Waals surface area contributed by atoms with Crippen LogP contribution in [0.15, 0.2) is 21.5 Å². The van der Waals surface area contributed by atoms with Crippen molar-refractivity contribution in [2.24, 2.45) is 0 Å². The normalized spacial score (nSPS) is 16.2. The van der Waals surface area contributed by atoms with Crippen LogP contribution in [0, 0.1) is 0 Å². The third-order valence-electron chi connectivity index (χ3n) is 2.92. The Labute approximate surface area is 156 Å². The van der Waals surface area contributed by atoms with Crippen LogP contribution in [0.4, 0.5) is 0 Å². The maximum Gasteiger partial charge on any atom is 0.325 e. The van der Waals surface area contributed by atoms with Crippen LogP contribution in [0.25, 0.3) is 6.08 Å². The molecule has 1 saturated heterocycles. The number of ether oxygens (including phenoxy) is 2. The van der Waals surface area contributed by atoms with E-state index in [1.54, 1.807) is 18.2 Å². The second-order valence-corrected chi connectivity index (χ2v) is 7.32. The topological polar surface area (TPSA) is 55.8 Å². The van der Waals surface area contributed by atoms with Crippen LogP contribution in [0.5, 0.6) is 5.75 Å². The first-order valence-electron chi connectivity index (χ1n) is 6.22. The average Bonchev–Trinajstić information content (AvgIpc) is 2.74. The molecule has 0 spiro atoms. The molecular formula is C14H11BrClNO4S2. The summed E-state index contributed by atoms with van der Waals surface area (Å²) in [4.78, 5) is 25.3. The molecule has 23 heavy (non-hydrogen) atoms. The number of halogens is 2. The summed E-state index contributed by atoms with van der Waals surface area (Å²) in [6.07, 6.45) is 1.63. The highest BCUT2D eigenvalue weighted by atomic mass is 79.9. The van der Waals surface area contributed by atoms with Crippen LogP contribution in [0.2, 0.25) is 5.02 Å². The molecule has 1 amide bonds. The minimum absolute atomic E-state index is 0.213. The van der Waals surface area contributed by atoms with Gasteiger partial charge in [-0.2, -0.15) is 0 Å². The van der Waals surface area contributed by atoms with E-state index in [4.69, 9.17) is 28.6 Å². The molecule has 0 radical (unpaired) electrons. The minimum Gasteiger partial charge on any atom is -0.495 e. The van der Waals surface area contributed by atoms with E-state index in [-0.39, 0.29) is 12.5 Å². The number of carbonyl (C=O) groups is 2. The smallest absolute Gasteiger partial charge is 0.325 e. The first-order chi connectivity index (χ1) is 10.9. The van der Waals surface area contributed by atoms with Gasteiger partial charge in [-0.05, 0) is 34.1 Å². The fourth-order valence-electron chi connectivity index (χ4n) is 1.87. The van der Waals surface area contributed by atoms with Gasteiger partial charge in [0.05, 0.1) is 23.6 Å². The molecule has 0 saturated carbocycles.